The quantitative estimate of drug-likeness (QED) is 0.620. The second-order valence-electron chi connectivity index (χ2n) is 6.29. The minimum Gasteiger partial charge on any atom is -0.371 e. The smallest absolute Gasteiger partial charge is 0.371 e. The van der Waals surface area contributed by atoms with E-state index in [0.29, 0.717) is 37.0 Å². The molecule has 0 radical (unpaired) electrons. The fraction of sp³-hybridized carbons (Fsp3) is 0.333. The highest BCUT2D eigenvalue weighted by molar-refractivity contribution is 5.68. The van der Waals surface area contributed by atoms with Crippen LogP contribution >= 0.6 is 0 Å². The molecule has 0 saturated carbocycles. The Balaban J connectivity index is 1.75. The summed E-state index contributed by atoms with van der Waals surface area (Å²) in [5, 5.41) is 2.99. The first kappa shape index (κ1) is 19.6. The Kier molecular flexibility index (Phi) is 5.76. The van der Waals surface area contributed by atoms with Gasteiger partial charge in [-0.2, -0.15) is 13.2 Å². The zero-order valence-corrected chi connectivity index (χ0v) is 15.1. The van der Waals surface area contributed by atoms with Gasteiger partial charge in [0.05, 0.1) is 11.9 Å². The van der Waals surface area contributed by atoms with E-state index in [1.54, 1.807) is 12.4 Å². The molecule has 148 valence electrons. The van der Waals surface area contributed by atoms with Crippen LogP contribution in [-0.2, 0) is 11.0 Å². The third-order valence-corrected chi connectivity index (χ3v) is 4.33. The van der Waals surface area contributed by atoms with Gasteiger partial charge in [0.15, 0.2) is 11.6 Å². The van der Waals surface area contributed by atoms with Crippen molar-refractivity contribution in [3.63, 3.8) is 0 Å². The normalized spacial score (nSPS) is 17.8. The molecule has 0 spiro atoms. The van der Waals surface area contributed by atoms with Crippen LogP contribution in [0.3, 0.4) is 0 Å². The molecule has 2 aromatic heterocycles. The molecule has 1 saturated heterocycles. The van der Waals surface area contributed by atoms with E-state index < -0.39 is 11.9 Å². The third-order valence-electron chi connectivity index (χ3n) is 4.33. The molecule has 28 heavy (non-hydrogen) atoms. The number of nitrogens with one attached hydrogen (secondary N) is 1. The Morgan fingerprint density at radius 2 is 1.96 bits per heavy atom. The van der Waals surface area contributed by atoms with Crippen LogP contribution in [0.15, 0.2) is 43.0 Å². The number of piperazine rings is 1. The number of aldehydes is 1. The van der Waals surface area contributed by atoms with Gasteiger partial charge in [0.1, 0.15) is 12.0 Å². The summed E-state index contributed by atoms with van der Waals surface area (Å²) in [6.45, 7) is 4.04. The lowest BCUT2D eigenvalue weighted by atomic mass is 10.2. The molecule has 7 nitrogen and oxygen atoms in total. The maximum atomic E-state index is 12.7. The number of carbonyl (C=O) groups excluding carboxylic acids is 1. The fourth-order valence-corrected chi connectivity index (χ4v) is 2.95. The number of pyridine rings is 1. The molecular weight excluding hydrogens is 373 g/mol. The minimum atomic E-state index is -4.48. The topological polar surface area (TPSA) is 74.2 Å². The Bertz CT molecular complexity index is 840. The van der Waals surface area contributed by atoms with Crippen molar-refractivity contribution in [1.29, 1.82) is 0 Å². The summed E-state index contributed by atoms with van der Waals surface area (Å²) >= 11 is 0. The molecule has 0 aliphatic carbocycles. The van der Waals surface area contributed by atoms with Gasteiger partial charge in [0, 0.05) is 44.3 Å². The summed E-state index contributed by atoms with van der Waals surface area (Å²) in [6, 6.07) is 2.37. The van der Waals surface area contributed by atoms with Crippen LogP contribution in [0.1, 0.15) is 12.6 Å². The second kappa shape index (κ2) is 8.24. The monoisotopic (exact) mass is 392 g/mol. The molecule has 10 heteroatoms. The summed E-state index contributed by atoms with van der Waals surface area (Å²) in [4.78, 5) is 26.7. The number of allylic oxidation sites excluding steroid dienone is 1. The SMILES string of the molecule is C[C@@H]1CN(c2nccnc2Nc2ccc(C(F)(F)F)nc2)CCN1C=CC=O. The number of anilines is 3. The predicted molar refractivity (Wildman–Crippen MR) is 98.1 cm³/mol. The van der Waals surface area contributed by atoms with Crippen LogP contribution in [-0.4, -0.2) is 51.8 Å². The van der Waals surface area contributed by atoms with Gasteiger partial charge in [-0.15, -0.1) is 0 Å². The average molecular weight is 392 g/mol. The standard InChI is InChI=1S/C18H19F3N6O/c1-13-12-27(9-8-26(13)7-2-10-28)17-16(22-5-6-23-17)25-14-3-4-15(24-11-14)18(19,20)21/h2-7,10-11,13H,8-9,12H2,1H3,(H,22,25)/t13-/m1/s1. The lowest BCUT2D eigenvalue weighted by Gasteiger charge is -2.40. The van der Waals surface area contributed by atoms with Gasteiger partial charge in [-0.1, -0.05) is 0 Å². The zero-order valence-electron chi connectivity index (χ0n) is 15.1. The molecule has 2 aromatic rings. The Morgan fingerprint density at radius 1 is 1.18 bits per heavy atom. The molecule has 3 rings (SSSR count). The van der Waals surface area contributed by atoms with E-state index in [1.165, 1.54) is 18.3 Å². The van der Waals surface area contributed by atoms with Crippen molar-refractivity contribution < 1.29 is 18.0 Å². The fourth-order valence-electron chi connectivity index (χ4n) is 2.95. The molecular formula is C18H19F3N6O. The first-order valence-corrected chi connectivity index (χ1v) is 8.62. The number of hydrogen-bond donors (Lipinski definition) is 1. The number of alkyl halides is 3. The van der Waals surface area contributed by atoms with Crippen molar-refractivity contribution in [2.45, 2.75) is 19.1 Å². The van der Waals surface area contributed by atoms with Crippen LogP contribution in [0.25, 0.3) is 0 Å². The van der Waals surface area contributed by atoms with Gasteiger partial charge in [0.2, 0.25) is 0 Å². The van der Waals surface area contributed by atoms with Gasteiger partial charge in [-0.3, -0.25) is 4.79 Å². The van der Waals surface area contributed by atoms with E-state index in [4.69, 9.17) is 0 Å². The highest BCUT2D eigenvalue weighted by Gasteiger charge is 2.32. The molecule has 1 atom stereocenters. The van der Waals surface area contributed by atoms with Gasteiger partial charge < -0.3 is 15.1 Å². The number of nitrogens with zero attached hydrogens (tertiary/aromatic N) is 5. The molecule has 0 bridgehead atoms. The summed E-state index contributed by atoms with van der Waals surface area (Å²) < 4.78 is 38.0. The lowest BCUT2D eigenvalue weighted by Crippen LogP contribution is -2.50. The lowest BCUT2D eigenvalue weighted by molar-refractivity contribution is -0.141. The van der Waals surface area contributed by atoms with Crippen molar-refractivity contribution in [3.05, 3.63) is 48.7 Å². The first-order chi connectivity index (χ1) is 13.4. The molecule has 1 N–H and O–H groups in total. The largest absolute Gasteiger partial charge is 0.433 e. The highest BCUT2D eigenvalue weighted by Crippen LogP contribution is 2.30. The summed E-state index contributed by atoms with van der Waals surface area (Å²) in [5.41, 5.74) is -0.568. The number of carbonyl (C=O) groups is 1. The number of halogens is 3. The molecule has 1 fully saturated rings. The van der Waals surface area contributed by atoms with E-state index in [-0.39, 0.29) is 6.04 Å². The van der Waals surface area contributed by atoms with Crippen LogP contribution in [0, 0.1) is 0 Å². The van der Waals surface area contributed by atoms with Crippen LogP contribution in [0.5, 0.6) is 0 Å². The van der Waals surface area contributed by atoms with E-state index in [1.807, 2.05) is 11.8 Å². The summed E-state index contributed by atoms with van der Waals surface area (Å²) in [5.74, 6) is 1.04. The molecule has 0 unspecified atom stereocenters. The molecule has 0 aromatic carbocycles. The van der Waals surface area contributed by atoms with Gasteiger partial charge in [0.25, 0.3) is 0 Å². The molecule has 0 amide bonds. The highest BCUT2D eigenvalue weighted by atomic mass is 19.4. The van der Waals surface area contributed by atoms with E-state index in [0.717, 1.165) is 18.5 Å². The van der Waals surface area contributed by atoms with Gasteiger partial charge >= 0.3 is 6.18 Å². The minimum absolute atomic E-state index is 0.146. The Labute approximate surface area is 159 Å². The summed E-state index contributed by atoms with van der Waals surface area (Å²) in [7, 11) is 0. The average Bonchev–Trinajstić information content (AvgIpc) is 2.67. The van der Waals surface area contributed by atoms with Gasteiger partial charge in [-0.05, 0) is 25.1 Å². The maximum Gasteiger partial charge on any atom is 0.433 e. The van der Waals surface area contributed by atoms with Crippen LogP contribution < -0.4 is 10.2 Å². The molecule has 1 aliphatic rings. The Morgan fingerprint density at radius 3 is 2.61 bits per heavy atom. The van der Waals surface area contributed by atoms with Crippen molar-refractivity contribution in [1.82, 2.24) is 19.9 Å². The predicted octanol–water partition coefficient (Wildman–Crippen LogP) is 2.86. The van der Waals surface area contributed by atoms with Crippen LogP contribution in [0.2, 0.25) is 0 Å². The number of aromatic nitrogens is 3. The van der Waals surface area contributed by atoms with Gasteiger partial charge in [-0.25, -0.2) is 15.0 Å². The van der Waals surface area contributed by atoms with E-state index >= 15 is 0 Å². The van der Waals surface area contributed by atoms with Crippen molar-refractivity contribution in [2.24, 2.45) is 0 Å². The van der Waals surface area contributed by atoms with E-state index in [9.17, 15) is 18.0 Å². The number of rotatable bonds is 5. The van der Waals surface area contributed by atoms with E-state index in [2.05, 4.69) is 25.2 Å². The van der Waals surface area contributed by atoms with Crippen molar-refractivity contribution in [3.8, 4) is 0 Å². The van der Waals surface area contributed by atoms with Crippen LogP contribution in [0.4, 0.5) is 30.5 Å². The molecule has 1 aliphatic heterocycles. The Hall–Kier alpha value is -3.17. The summed E-state index contributed by atoms with van der Waals surface area (Å²) in [6.07, 6.45) is 3.67. The van der Waals surface area contributed by atoms with Crippen molar-refractivity contribution in [2.75, 3.05) is 29.9 Å². The first-order valence-electron chi connectivity index (χ1n) is 8.62. The maximum absolute atomic E-state index is 12.7. The third kappa shape index (κ3) is 4.56. The zero-order chi connectivity index (χ0) is 20.1. The number of hydrogen-bond acceptors (Lipinski definition) is 7. The molecule has 3 heterocycles. The van der Waals surface area contributed by atoms with Crippen molar-refractivity contribution >= 4 is 23.6 Å². The second-order valence-corrected chi connectivity index (χ2v) is 6.29.